The van der Waals surface area contributed by atoms with E-state index in [2.05, 4.69) is 5.32 Å². The SMILES string of the molecule is Cc1cccc(NCCCCCCO)c1N. The molecule has 1 rings (SSSR count). The Hall–Kier alpha value is -1.22. The van der Waals surface area contributed by atoms with Crippen molar-refractivity contribution in [1.82, 2.24) is 0 Å². The molecular formula is C13H22N2O. The van der Waals surface area contributed by atoms with E-state index in [0.717, 1.165) is 49.2 Å². The number of anilines is 2. The van der Waals surface area contributed by atoms with Crippen LogP contribution >= 0.6 is 0 Å². The molecule has 0 radical (unpaired) electrons. The number of hydrogen-bond acceptors (Lipinski definition) is 3. The highest BCUT2D eigenvalue weighted by Crippen LogP contribution is 2.21. The second-order valence-electron chi connectivity index (χ2n) is 4.10. The molecule has 0 aliphatic carbocycles. The topological polar surface area (TPSA) is 58.3 Å². The van der Waals surface area contributed by atoms with Gasteiger partial charge in [-0.3, -0.25) is 0 Å². The summed E-state index contributed by atoms with van der Waals surface area (Å²) in [6.07, 6.45) is 4.28. The molecule has 1 aromatic carbocycles. The summed E-state index contributed by atoms with van der Waals surface area (Å²) in [4.78, 5) is 0. The lowest BCUT2D eigenvalue weighted by molar-refractivity contribution is 0.283. The van der Waals surface area contributed by atoms with Crippen molar-refractivity contribution in [3.63, 3.8) is 0 Å². The Bertz CT molecular complexity index is 313. The molecule has 0 aliphatic heterocycles. The molecule has 1 aromatic rings. The number of para-hydroxylation sites is 1. The van der Waals surface area contributed by atoms with Crippen LogP contribution in [-0.2, 0) is 0 Å². The standard InChI is InChI=1S/C13H22N2O/c1-11-7-6-8-12(13(11)14)15-9-4-2-3-5-10-16/h6-8,15-16H,2-5,9-10,14H2,1H3. The fraction of sp³-hybridized carbons (Fsp3) is 0.538. The summed E-state index contributed by atoms with van der Waals surface area (Å²) in [7, 11) is 0. The van der Waals surface area contributed by atoms with Crippen molar-refractivity contribution in [2.45, 2.75) is 32.6 Å². The summed E-state index contributed by atoms with van der Waals surface area (Å²) < 4.78 is 0. The number of benzene rings is 1. The van der Waals surface area contributed by atoms with Crippen LogP contribution < -0.4 is 11.1 Å². The first-order chi connectivity index (χ1) is 7.75. The van der Waals surface area contributed by atoms with Crippen LogP contribution in [0.2, 0.25) is 0 Å². The van der Waals surface area contributed by atoms with E-state index in [1.807, 2.05) is 25.1 Å². The first-order valence-electron chi connectivity index (χ1n) is 5.95. The number of nitrogens with two attached hydrogens (primary N) is 1. The summed E-state index contributed by atoms with van der Waals surface area (Å²) in [6, 6.07) is 6.04. The largest absolute Gasteiger partial charge is 0.397 e. The molecule has 0 fully saturated rings. The molecule has 0 bridgehead atoms. The number of aliphatic hydroxyl groups excluding tert-OH is 1. The highest BCUT2D eigenvalue weighted by molar-refractivity contribution is 5.69. The summed E-state index contributed by atoms with van der Waals surface area (Å²) in [6.45, 7) is 3.26. The molecule has 16 heavy (non-hydrogen) atoms. The lowest BCUT2D eigenvalue weighted by atomic mass is 10.1. The smallest absolute Gasteiger partial charge is 0.0579 e. The molecule has 0 atom stereocenters. The first kappa shape index (κ1) is 12.8. The van der Waals surface area contributed by atoms with E-state index in [0.29, 0.717) is 6.61 Å². The number of nitrogen functional groups attached to an aromatic ring is 1. The van der Waals surface area contributed by atoms with Gasteiger partial charge in [-0.15, -0.1) is 0 Å². The van der Waals surface area contributed by atoms with E-state index in [-0.39, 0.29) is 0 Å². The number of unbranched alkanes of at least 4 members (excludes halogenated alkanes) is 3. The zero-order valence-electron chi connectivity index (χ0n) is 10.00. The Morgan fingerprint density at radius 1 is 1.19 bits per heavy atom. The molecule has 3 nitrogen and oxygen atoms in total. The van der Waals surface area contributed by atoms with Crippen LogP contribution in [0.15, 0.2) is 18.2 Å². The fourth-order valence-corrected chi connectivity index (χ4v) is 1.65. The van der Waals surface area contributed by atoms with Gasteiger partial charge in [-0.1, -0.05) is 25.0 Å². The number of aliphatic hydroxyl groups is 1. The molecular weight excluding hydrogens is 200 g/mol. The van der Waals surface area contributed by atoms with Gasteiger partial charge in [-0.05, 0) is 31.4 Å². The van der Waals surface area contributed by atoms with Gasteiger partial charge in [0.25, 0.3) is 0 Å². The molecule has 0 amide bonds. The van der Waals surface area contributed by atoms with Crippen LogP contribution in [0.3, 0.4) is 0 Å². The Morgan fingerprint density at radius 2 is 1.94 bits per heavy atom. The Kier molecular flexibility index (Phi) is 5.72. The molecule has 90 valence electrons. The Labute approximate surface area is 97.7 Å². The highest BCUT2D eigenvalue weighted by atomic mass is 16.2. The molecule has 0 aromatic heterocycles. The summed E-state index contributed by atoms with van der Waals surface area (Å²) in [5.74, 6) is 0. The number of nitrogens with one attached hydrogen (secondary N) is 1. The van der Waals surface area contributed by atoms with Gasteiger partial charge in [0.2, 0.25) is 0 Å². The van der Waals surface area contributed by atoms with Gasteiger partial charge in [0.15, 0.2) is 0 Å². The van der Waals surface area contributed by atoms with Crippen LogP contribution in [0.4, 0.5) is 11.4 Å². The fourth-order valence-electron chi connectivity index (χ4n) is 1.65. The van der Waals surface area contributed by atoms with Gasteiger partial charge in [-0.2, -0.15) is 0 Å². The number of rotatable bonds is 7. The van der Waals surface area contributed by atoms with Gasteiger partial charge in [0.05, 0.1) is 11.4 Å². The number of hydrogen-bond donors (Lipinski definition) is 3. The highest BCUT2D eigenvalue weighted by Gasteiger charge is 1.99. The van der Waals surface area contributed by atoms with Crippen molar-refractivity contribution >= 4 is 11.4 Å². The third kappa shape index (κ3) is 4.11. The minimum atomic E-state index is 0.304. The van der Waals surface area contributed by atoms with E-state index in [1.165, 1.54) is 0 Å². The predicted molar refractivity (Wildman–Crippen MR) is 69.6 cm³/mol. The molecule has 0 saturated carbocycles. The van der Waals surface area contributed by atoms with Gasteiger partial charge in [0.1, 0.15) is 0 Å². The summed E-state index contributed by atoms with van der Waals surface area (Å²) >= 11 is 0. The third-order valence-corrected chi connectivity index (χ3v) is 2.72. The van der Waals surface area contributed by atoms with Crippen LogP contribution in [-0.4, -0.2) is 18.3 Å². The quantitative estimate of drug-likeness (QED) is 0.491. The molecule has 0 heterocycles. The van der Waals surface area contributed by atoms with Crippen molar-refractivity contribution < 1.29 is 5.11 Å². The van der Waals surface area contributed by atoms with Crippen LogP contribution in [0.5, 0.6) is 0 Å². The predicted octanol–water partition coefficient (Wildman–Crippen LogP) is 2.54. The molecule has 4 N–H and O–H groups in total. The lowest BCUT2D eigenvalue weighted by Crippen LogP contribution is -2.05. The van der Waals surface area contributed by atoms with Gasteiger partial charge >= 0.3 is 0 Å². The van der Waals surface area contributed by atoms with Crippen molar-refractivity contribution in [2.75, 3.05) is 24.2 Å². The Morgan fingerprint density at radius 3 is 2.69 bits per heavy atom. The minimum absolute atomic E-state index is 0.304. The van der Waals surface area contributed by atoms with Crippen LogP contribution in [0.1, 0.15) is 31.2 Å². The van der Waals surface area contributed by atoms with E-state index < -0.39 is 0 Å². The molecule has 0 unspecified atom stereocenters. The maximum Gasteiger partial charge on any atom is 0.0579 e. The molecule has 0 aliphatic rings. The third-order valence-electron chi connectivity index (χ3n) is 2.72. The van der Waals surface area contributed by atoms with Gasteiger partial charge < -0.3 is 16.2 Å². The number of aryl methyl sites for hydroxylation is 1. The zero-order chi connectivity index (χ0) is 11.8. The van der Waals surface area contributed by atoms with E-state index in [1.54, 1.807) is 0 Å². The second-order valence-corrected chi connectivity index (χ2v) is 4.10. The monoisotopic (exact) mass is 222 g/mol. The van der Waals surface area contributed by atoms with Gasteiger partial charge in [-0.25, -0.2) is 0 Å². The molecule has 0 spiro atoms. The maximum absolute atomic E-state index is 8.64. The lowest BCUT2D eigenvalue weighted by Gasteiger charge is -2.10. The van der Waals surface area contributed by atoms with Gasteiger partial charge in [0, 0.05) is 13.2 Å². The normalized spacial score (nSPS) is 10.4. The van der Waals surface area contributed by atoms with Crippen LogP contribution in [0, 0.1) is 6.92 Å². The van der Waals surface area contributed by atoms with E-state index in [9.17, 15) is 0 Å². The van der Waals surface area contributed by atoms with Crippen LogP contribution in [0.25, 0.3) is 0 Å². The second kappa shape index (κ2) is 7.12. The summed E-state index contributed by atoms with van der Waals surface area (Å²) in [5.41, 5.74) is 8.94. The van der Waals surface area contributed by atoms with Crippen molar-refractivity contribution in [3.8, 4) is 0 Å². The Balaban J connectivity index is 2.24. The van der Waals surface area contributed by atoms with Crippen molar-refractivity contribution in [2.24, 2.45) is 0 Å². The molecule has 3 heteroatoms. The van der Waals surface area contributed by atoms with Crippen molar-refractivity contribution in [3.05, 3.63) is 23.8 Å². The average Bonchev–Trinajstić information content (AvgIpc) is 2.29. The summed E-state index contributed by atoms with van der Waals surface area (Å²) in [5, 5.41) is 12.0. The first-order valence-corrected chi connectivity index (χ1v) is 5.95. The molecule has 0 saturated heterocycles. The average molecular weight is 222 g/mol. The van der Waals surface area contributed by atoms with E-state index >= 15 is 0 Å². The van der Waals surface area contributed by atoms with E-state index in [4.69, 9.17) is 10.8 Å². The minimum Gasteiger partial charge on any atom is -0.397 e. The van der Waals surface area contributed by atoms with Crippen molar-refractivity contribution in [1.29, 1.82) is 0 Å². The maximum atomic E-state index is 8.64. The zero-order valence-corrected chi connectivity index (χ0v) is 10.00.